The Morgan fingerprint density at radius 2 is 1.66 bits per heavy atom. The van der Waals surface area contributed by atoms with Crippen LogP contribution >= 0.6 is 11.8 Å². The number of fused-ring (bicyclic) bond motifs is 5. The van der Waals surface area contributed by atoms with Crippen LogP contribution in [0.5, 0.6) is 0 Å². The maximum absolute atomic E-state index is 9.84. The van der Waals surface area contributed by atoms with Crippen molar-refractivity contribution in [3.8, 4) is 17.3 Å². The van der Waals surface area contributed by atoms with Gasteiger partial charge in [-0.1, -0.05) is 75.9 Å². The molecule has 0 spiro atoms. The third-order valence-corrected chi connectivity index (χ3v) is 9.83. The van der Waals surface area contributed by atoms with E-state index in [1.165, 1.54) is 75.6 Å². The van der Waals surface area contributed by atoms with Gasteiger partial charge in [-0.25, -0.2) is 4.57 Å². The van der Waals surface area contributed by atoms with Crippen LogP contribution < -0.4 is 4.57 Å². The normalized spacial score (nSPS) is 13.0. The first kappa shape index (κ1) is 27.8. The summed E-state index contributed by atoms with van der Waals surface area (Å²) < 4.78 is 2.34. The quantitative estimate of drug-likeness (QED) is 0.151. The molecule has 0 aliphatic carbocycles. The average molecular weight is 558 g/mol. The van der Waals surface area contributed by atoms with Gasteiger partial charge in [0.1, 0.15) is 7.05 Å². The van der Waals surface area contributed by atoms with Crippen molar-refractivity contribution >= 4 is 44.1 Å². The van der Waals surface area contributed by atoms with Crippen LogP contribution in [0.15, 0.2) is 64.5 Å². The number of nitriles is 1. The summed E-state index contributed by atoms with van der Waals surface area (Å²) in [5.41, 5.74) is 7.85. The lowest BCUT2D eigenvalue weighted by atomic mass is 9.83. The van der Waals surface area contributed by atoms with Gasteiger partial charge in [0.15, 0.2) is 6.20 Å². The van der Waals surface area contributed by atoms with Crippen molar-refractivity contribution in [1.29, 1.82) is 5.26 Å². The Kier molecular flexibility index (Phi) is 6.90. The third-order valence-electron chi connectivity index (χ3n) is 8.64. The van der Waals surface area contributed by atoms with Gasteiger partial charge >= 0.3 is 0 Å². The number of pyridine rings is 1. The summed E-state index contributed by atoms with van der Waals surface area (Å²) in [5, 5.41) is 17.8. The molecule has 41 heavy (non-hydrogen) atoms. The molecular formula is C38H41N2S+. The fourth-order valence-corrected chi connectivity index (χ4v) is 8.28. The maximum atomic E-state index is 9.84. The van der Waals surface area contributed by atoms with Crippen molar-refractivity contribution < 1.29 is 4.57 Å². The van der Waals surface area contributed by atoms with Gasteiger partial charge in [-0.3, -0.25) is 0 Å². The summed E-state index contributed by atoms with van der Waals surface area (Å²) in [6, 6.07) is 21.1. The largest absolute Gasteiger partial charge is 0.222 e. The van der Waals surface area contributed by atoms with E-state index in [0.29, 0.717) is 11.8 Å². The lowest BCUT2D eigenvalue weighted by Gasteiger charge is -2.26. The molecule has 0 radical (unpaired) electrons. The molecule has 208 valence electrons. The van der Waals surface area contributed by atoms with E-state index in [4.69, 9.17) is 0 Å². The van der Waals surface area contributed by atoms with E-state index in [0.717, 1.165) is 19.3 Å². The second kappa shape index (κ2) is 10.2. The van der Waals surface area contributed by atoms with Crippen LogP contribution in [-0.4, -0.2) is 0 Å². The van der Waals surface area contributed by atoms with Crippen LogP contribution in [0.4, 0.5) is 0 Å². The van der Waals surface area contributed by atoms with E-state index in [1.807, 2.05) is 25.6 Å². The summed E-state index contributed by atoms with van der Waals surface area (Å²) in [4.78, 5) is 2.76. The molecule has 5 aromatic rings. The Bertz CT molecular complexity index is 1900. The molecular weight excluding hydrogens is 516 g/mol. The molecule has 0 saturated carbocycles. The molecule has 2 nitrogen and oxygen atoms in total. The molecule has 1 aromatic heterocycles. The average Bonchev–Trinajstić information content (AvgIpc) is 2.91. The monoisotopic (exact) mass is 557 g/mol. The number of aryl methyl sites for hydroxylation is 2. The van der Waals surface area contributed by atoms with E-state index in [9.17, 15) is 5.26 Å². The predicted octanol–water partition coefficient (Wildman–Crippen LogP) is 9.90. The first-order valence-electron chi connectivity index (χ1n) is 15.0. The van der Waals surface area contributed by atoms with E-state index in [-0.39, 0.29) is 0 Å². The van der Waals surface area contributed by atoms with Crippen LogP contribution in [-0.2, 0) is 26.3 Å². The topological polar surface area (TPSA) is 27.7 Å². The molecule has 4 aromatic carbocycles. The summed E-state index contributed by atoms with van der Waals surface area (Å²) in [5.74, 6) is 1.19. The first-order chi connectivity index (χ1) is 19.5. The Morgan fingerprint density at radius 3 is 2.37 bits per heavy atom. The molecule has 1 aliphatic rings. The molecule has 6 rings (SSSR count). The molecule has 2 heterocycles. The molecule has 0 N–H and O–H groups in total. The zero-order valence-corrected chi connectivity index (χ0v) is 26.6. The van der Waals surface area contributed by atoms with Crippen LogP contribution in [0.1, 0.15) is 63.8 Å². The fraction of sp³-hybridized carbons (Fsp3) is 0.368. The van der Waals surface area contributed by atoms with Crippen LogP contribution in [0.2, 0.25) is 0 Å². The highest BCUT2D eigenvalue weighted by molar-refractivity contribution is 8.00. The lowest BCUT2D eigenvalue weighted by molar-refractivity contribution is -0.659. The highest BCUT2D eigenvalue weighted by Gasteiger charge is 2.33. The number of rotatable bonds is 6. The molecule has 0 saturated heterocycles. The van der Waals surface area contributed by atoms with Crippen molar-refractivity contribution in [3.63, 3.8) is 0 Å². The minimum atomic E-state index is -0.422. The van der Waals surface area contributed by atoms with Gasteiger partial charge < -0.3 is 0 Å². The number of hydrogen-bond donors (Lipinski definition) is 0. The van der Waals surface area contributed by atoms with Gasteiger partial charge in [-0.05, 0) is 102 Å². The standard InChI is InChI=1S/C38H41N2S/c1-22(2)16-25-12-13-28-30(18-25)24(5)33-36-35-29(14-15-40(36)8)34-26(10-9-11-27(34)20-38(6,7)21-39)19-32(35)41-37(33)31(28)17-23(3)4/h9-15,18-19,22-23H,16-17,20H2,1-8H3/q+1. The second-order valence-corrected chi connectivity index (χ2v) is 14.7. The maximum Gasteiger partial charge on any atom is 0.222 e. The molecule has 0 atom stereocenters. The fourth-order valence-electron chi connectivity index (χ4n) is 6.89. The molecule has 0 bridgehead atoms. The molecule has 3 heteroatoms. The minimum absolute atomic E-state index is 0.422. The summed E-state index contributed by atoms with van der Waals surface area (Å²) >= 11 is 1.97. The highest BCUT2D eigenvalue weighted by atomic mass is 32.2. The smallest absolute Gasteiger partial charge is 0.200 e. The molecule has 0 fully saturated rings. The summed E-state index contributed by atoms with van der Waals surface area (Å²) in [7, 11) is 2.20. The van der Waals surface area contributed by atoms with E-state index in [1.54, 1.807) is 0 Å². The van der Waals surface area contributed by atoms with Gasteiger partial charge in [0.2, 0.25) is 5.69 Å². The number of nitrogens with zero attached hydrogens (tertiary/aromatic N) is 2. The first-order valence-corrected chi connectivity index (χ1v) is 15.8. The van der Waals surface area contributed by atoms with Crippen molar-refractivity contribution in [1.82, 2.24) is 0 Å². The highest BCUT2D eigenvalue weighted by Crippen LogP contribution is 2.53. The van der Waals surface area contributed by atoms with Crippen molar-refractivity contribution in [2.45, 2.75) is 77.5 Å². The van der Waals surface area contributed by atoms with Crippen LogP contribution in [0.25, 0.3) is 43.6 Å². The Morgan fingerprint density at radius 1 is 0.902 bits per heavy atom. The van der Waals surface area contributed by atoms with Crippen molar-refractivity contribution in [2.24, 2.45) is 24.3 Å². The van der Waals surface area contributed by atoms with Gasteiger partial charge in [-0.2, -0.15) is 5.26 Å². The van der Waals surface area contributed by atoms with Gasteiger partial charge in [0.25, 0.3) is 0 Å². The van der Waals surface area contributed by atoms with E-state index in [2.05, 4.69) is 107 Å². The Hall–Kier alpha value is -3.35. The second-order valence-electron chi connectivity index (χ2n) is 13.6. The number of hydrogen-bond acceptors (Lipinski definition) is 2. The Balaban J connectivity index is 1.73. The van der Waals surface area contributed by atoms with Crippen molar-refractivity contribution in [2.75, 3.05) is 0 Å². The Labute approximate surface area is 249 Å². The van der Waals surface area contributed by atoms with Crippen molar-refractivity contribution in [3.05, 3.63) is 77.0 Å². The van der Waals surface area contributed by atoms with Crippen LogP contribution in [0, 0.1) is 35.5 Å². The van der Waals surface area contributed by atoms with Crippen LogP contribution in [0.3, 0.4) is 0 Å². The molecule has 0 amide bonds. The van der Waals surface area contributed by atoms with Gasteiger partial charge in [0.05, 0.1) is 22.4 Å². The zero-order chi connectivity index (χ0) is 29.2. The summed E-state index contributed by atoms with van der Waals surface area (Å²) in [6.07, 6.45) is 5.14. The van der Waals surface area contributed by atoms with E-state index >= 15 is 0 Å². The predicted molar refractivity (Wildman–Crippen MR) is 175 cm³/mol. The van der Waals surface area contributed by atoms with Gasteiger partial charge in [-0.15, -0.1) is 0 Å². The molecule has 0 unspecified atom stereocenters. The number of benzene rings is 4. The third kappa shape index (κ3) is 4.71. The molecule has 1 aliphatic heterocycles. The number of aromatic nitrogens is 1. The van der Waals surface area contributed by atoms with E-state index < -0.39 is 5.41 Å². The zero-order valence-electron chi connectivity index (χ0n) is 25.8. The summed E-state index contributed by atoms with van der Waals surface area (Å²) in [6.45, 7) is 15.7. The SMILES string of the molecule is Cc1c2c(c(CC(C)C)c3ccc(CC(C)C)cc13)Sc1cc3cccc(CC(C)(C)C#N)c3c3cc[n+](C)c-2c13. The minimum Gasteiger partial charge on any atom is -0.200 e. The lowest BCUT2D eigenvalue weighted by Crippen LogP contribution is -2.32. The van der Waals surface area contributed by atoms with Gasteiger partial charge in [0, 0.05) is 21.2 Å².